The molecule has 1 aromatic carbocycles. The summed E-state index contributed by atoms with van der Waals surface area (Å²) in [4.78, 5) is 12.7. The zero-order valence-electron chi connectivity index (χ0n) is 13.5. The summed E-state index contributed by atoms with van der Waals surface area (Å²) in [6, 6.07) is 6.47. The molecule has 1 rings (SSSR count). The molecule has 1 unspecified atom stereocenters. The number of nitrogens with one attached hydrogen (secondary N) is 1. The number of carboxylic acid groups (broad SMARTS) is 1. The fourth-order valence-electron chi connectivity index (χ4n) is 2.24. The molecule has 0 radical (unpaired) electrons. The molecule has 118 valence electrons. The number of carbonyl (C=O) groups is 1. The highest BCUT2D eigenvalue weighted by Gasteiger charge is 2.31. The maximum absolute atomic E-state index is 11.4. The Hall–Kier alpha value is -1.00. The molecule has 1 aromatic rings. The van der Waals surface area contributed by atoms with Crippen LogP contribution >= 0.6 is 11.8 Å². The predicted molar refractivity (Wildman–Crippen MR) is 90.2 cm³/mol. The van der Waals surface area contributed by atoms with Gasteiger partial charge in [-0.15, -0.1) is 11.8 Å². The van der Waals surface area contributed by atoms with Gasteiger partial charge in [0, 0.05) is 4.90 Å². The van der Waals surface area contributed by atoms with Crippen LogP contribution in [0.25, 0.3) is 0 Å². The van der Waals surface area contributed by atoms with Gasteiger partial charge in [0.2, 0.25) is 0 Å². The Morgan fingerprint density at radius 3 is 2.67 bits per heavy atom. The first kappa shape index (κ1) is 18.1. The van der Waals surface area contributed by atoms with Crippen LogP contribution in [0.5, 0.6) is 0 Å². The molecular weight excluding hydrogens is 282 g/mol. The van der Waals surface area contributed by atoms with E-state index < -0.39 is 11.5 Å². The smallest absolute Gasteiger partial charge is 0.323 e. The molecule has 3 nitrogen and oxygen atoms in total. The number of thioether (sulfide) groups is 1. The van der Waals surface area contributed by atoms with Crippen molar-refractivity contribution in [3.05, 3.63) is 29.3 Å². The van der Waals surface area contributed by atoms with Crippen LogP contribution in [0.4, 0.5) is 0 Å². The standard InChI is InChI=1S/C17H27NO2S/c1-5-10-18-17(4,16(19)20)9-6-11-21-15-8-7-13(2)12-14(15)3/h7-8,12,18H,5-6,9-11H2,1-4H3,(H,19,20). The predicted octanol–water partition coefficient (Wildman–Crippen LogP) is 4.02. The van der Waals surface area contributed by atoms with Crippen molar-refractivity contribution in [3.8, 4) is 0 Å². The van der Waals surface area contributed by atoms with Crippen LogP contribution in [0.2, 0.25) is 0 Å². The van der Waals surface area contributed by atoms with E-state index in [0.29, 0.717) is 6.42 Å². The minimum Gasteiger partial charge on any atom is -0.480 e. The lowest BCUT2D eigenvalue weighted by atomic mass is 9.96. The zero-order chi connectivity index (χ0) is 15.9. The monoisotopic (exact) mass is 309 g/mol. The zero-order valence-corrected chi connectivity index (χ0v) is 14.3. The van der Waals surface area contributed by atoms with Crippen molar-refractivity contribution >= 4 is 17.7 Å². The third kappa shape index (κ3) is 5.71. The highest BCUT2D eigenvalue weighted by Crippen LogP contribution is 2.25. The van der Waals surface area contributed by atoms with Crippen molar-refractivity contribution in [2.24, 2.45) is 0 Å². The normalized spacial score (nSPS) is 13.9. The summed E-state index contributed by atoms with van der Waals surface area (Å²) in [6.45, 7) is 8.80. The lowest BCUT2D eigenvalue weighted by molar-refractivity contribution is -0.144. The molecule has 0 aromatic heterocycles. The van der Waals surface area contributed by atoms with E-state index >= 15 is 0 Å². The summed E-state index contributed by atoms with van der Waals surface area (Å²) in [7, 11) is 0. The quantitative estimate of drug-likeness (QED) is 0.534. The van der Waals surface area contributed by atoms with Gasteiger partial charge in [0.05, 0.1) is 0 Å². The van der Waals surface area contributed by atoms with E-state index in [2.05, 4.69) is 37.4 Å². The highest BCUT2D eigenvalue weighted by molar-refractivity contribution is 7.99. The minimum atomic E-state index is -0.807. The van der Waals surface area contributed by atoms with Crippen LogP contribution in [0.15, 0.2) is 23.1 Å². The number of hydrogen-bond donors (Lipinski definition) is 2. The van der Waals surface area contributed by atoms with Crippen molar-refractivity contribution in [2.45, 2.75) is 57.4 Å². The van der Waals surface area contributed by atoms with Crippen molar-refractivity contribution in [1.29, 1.82) is 0 Å². The number of carboxylic acids is 1. The second-order valence-corrected chi connectivity index (χ2v) is 6.92. The summed E-state index contributed by atoms with van der Waals surface area (Å²) in [6.07, 6.45) is 2.48. The molecule has 2 N–H and O–H groups in total. The fourth-order valence-corrected chi connectivity index (χ4v) is 3.20. The van der Waals surface area contributed by atoms with E-state index in [4.69, 9.17) is 0 Å². The van der Waals surface area contributed by atoms with Crippen LogP contribution < -0.4 is 5.32 Å². The molecule has 0 fully saturated rings. The molecule has 0 aliphatic heterocycles. The van der Waals surface area contributed by atoms with E-state index in [9.17, 15) is 9.90 Å². The molecule has 0 aliphatic rings. The number of benzene rings is 1. The van der Waals surface area contributed by atoms with Crippen LogP contribution in [-0.2, 0) is 4.79 Å². The molecule has 21 heavy (non-hydrogen) atoms. The van der Waals surface area contributed by atoms with E-state index in [1.807, 2.05) is 18.7 Å². The maximum atomic E-state index is 11.4. The Labute approximate surface area is 132 Å². The molecule has 0 heterocycles. The number of hydrogen-bond acceptors (Lipinski definition) is 3. The Balaban J connectivity index is 2.46. The molecule has 0 bridgehead atoms. The van der Waals surface area contributed by atoms with Crippen LogP contribution in [0.3, 0.4) is 0 Å². The Morgan fingerprint density at radius 1 is 1.38 bits per heavy atom. The van der Waals surface area contributed by atoms with Crippen LogP contribution in [0.1, 0.15) is 44.2 Å². The van der Waals surface area contributed by atoms with E-state index in [-0.39, 0.29) is 0 Å². The number of aryl methyl sites for hydroxylation is 2. The van der Waals surface area contributed by atoms with Gasteiger partial charge in [-0.1, -0.05) is 24.6 Å². The van der Waals surface area contributed by atoms with Gasteiger partial charge in [0.25, 0.3) is 0 Å². The number of aliphatic carboxylic acids is 1. The van der Waals surface area contributed by atoms with Gasteiger partial charge in [0.1, 0.15) is 5.54 Å². The SMILES string of the molecule is CCCNC(C)(CCCSc1ccc(C)cc1C)C(=O)O. The second kappa shape index (κ2) is 8.44. The van der Waals surface area contributed by atoms with Gasteiger partial charge >= 0.3 is 5.97 Å². The second-order valence-electron chi connectivity index (χ2n) is 5.79. The molecule has 0 amide bonds. The van der Waals surface area contributed by atoms with Gasteiger partial charge in [-0.05, 0) is 64.0 Å². The summed E-state index contributed by atoms with van der Waals surface area (Å²) < 4.78 is 0. The van der Waals surface area contributed by atoms with Gasteiger partial charge in [-0.3, -0.25) is 4.79 Å². The minimum absolute atomic E-state index is 0.653. The maximum Gasteiger partial charge on any atom is 0.323 e. The Kier molecular flexibility index (Phi) is 7.26. The third-order valence-corrected chi connectivity index (χ3v) is 4.91. The summed E-state index contributed by atoms with van der Waals surface area (Å²) >= 11 is 1.81. The molecule has 0 saturated carbocycles. The first-order chi connectivity index (χ1) is 9.89. The van der Waals surface area contributed by atoms with Crippen molar-refractivity contribution in [1.82, 2.24) is 5.32 Å². The van der Waals surface area contributed by atoms with Gasteiger partial charge in [-0.25, -0.2) is 0 Å². The Bertz CT molecular complexity index is 476. The van der Waals surface area contributed by atoms with Crippen LogP contribution in [0, 0.1) is 13.8 Å². The third-order valence-electron chi connectivity index (χ3n) is 3.65. The summed E-state index contributed by atoms with van der Waals surface area (Å²) in [5.74, 6) is 0.188. The first-order valence-corrected chi connectivity index (χ1v) is 8.56. The highest BCUT2D eigenvalue weighted by atomic mass is 32.2. The van der Waals surface area contributed by atoms with Gasteiger partial charge in [0.15, 0.2) is 0 Å². The van der Waals surface area contributed by atoms with E-state index in [1.165, 1.54) is 16.0 Å². The van der Waals surface area contributed by atoms with Crippen molar-refractivity contribution in [3.63, 3.8) is 0 Å². The summed E-state index contributed by atoms with van der Waals surface area (Å²) in [5, 5.41) is 12.5. The number of rotatable bonds is 9. The van der Waals surface area contributed by atoms with E-state index in [1.54, 1.807) is 6.92 Å². The first-order valence-electron chi connectivity index (χ1n) is 7.57. The van der Waals surface area contributed by atoms with Crippen molar-refractivity contribution in [2.75, 3.05) is 12.3 Å². The van der Waals surface area contributed by atoms with Crippen molar-refractivity contribution < 1.29 is 9.90 Å². The van der Waals surface area contributed by atoms with Crippen LogP contribution in [-0.4, -0.2) is 28.9 Å². The lowest BCUT2D eigenvalue weighted by Crippen LogP contribution is -2.49. The summed E-state index contributed by atoms with van der Waals surface area (Å²) in [5.41, 5.74) is 1.77. The average molecular weight is 309 g/mol. The Morgan fingerprint density at radius 2 is 2.10 bits per heavy atom. The molecule has 0 aliphatic carbocycles. The molecule has 1 atom stereocenters. The fraction of sp³-hybridized carbons (Fsp3) is 0.588. The largest absolute Gasteiger partial charge is 0.480 e. The molecular formula is C17H27NO2S. The molecule has 4 heteroatoms. The van der Waals surface area contributed by atoms with Gasteiger partial charge in [-0.2, -0.15) is 0 Å². The lowest BCUT2D eigenvalue weighted by Gasteiger charge is -2.26. The van der Waals surface area contributed by atoms with E-state index in [0.717, 1.165) is 25.1 Å². The molecule has 0 spiro atoms. The average Bonchev–Trinajstić information content (AvgIpc) is 2.43. The van der Waals surface area contributed by atoms with Gasteiger partial charge < -0.3 is 10.4 Å². The molecule has 0 saturated heterocycles. The topological polar surface area (TPSA) is 49.3 Å².